The third-order valence-corrected chi connectivity index (χ3v) is 6.07. The van der Waals surface area contributed by atoms with Gasteiger partial charge >= 0.3 is 0 Å². The van der Waals surface area contributed by atoms with E-state index >= 15 is 0 Å². The first kappa shape index (κ1) is 19.4. The number of nitrogens with one attached hydrogen (secondary N) is 1. The number of hydrogen-bond acceptors (Lipinski definition) is 3. The molecule has 1 N–H and O–H groups in total. The summed E-state index contributed by atoms with van der Waals surface area (Å²) in [6.07, 6.45) is 4.77. The Morgan fingerprint density at radius 1 is 1.27 bits per heavy atom. The van der Waals surface area contributed by atoms with Gasteiger partial charge in [-0.3, -0.25) is 9.59 Å². The highest BCUT2D eigenvalue weighted by atomic mass is 79.9. The highest BCUT2D eigenvalue weighted by Crippen LogP contribution is 2.31. The molecule has 5 nitrogen and oxygen atoms in total. The van der Waals surface area contributed by atoms with Crippen LogP contribution in [0.3, 0.4) is 0 Å². The standard InChI is InChI=1S/C20H28BrN3O2/c1-2-3-10-23-11-8-16(9-12-23)22-20(26)15-13-19(25)24(14-15)18-7-5-4-6-17(18)21/h4-7,15-16H,2-3,8-14H2,1H3,(H,22,26). The van der Waals surface area contributed by atoms with Gasteiger partial charge in [0.05, 0.1) is 11.6 Å². The predicted octanol–water partition coefficient (Wildman–Crippen LogP) is 3.18. The van der Waals surface area contributed by atoms with Gasteiger partial charge < -0.3 is 15.1 Å². The number of hydrogen-bond donors (Lipinski definition) is 1. The van der Waals surface area contributed by atoms with Crippen molar-refractivity contribution in [3.63, 3.8) is 0 Å². The third kappa shape index (κ3) is 4.65. The number of nitrogens with zero attached hydrogens (tertiary/aromatic N) is 2. The van der Waals surface area contributed by atoms with Crippen LogP contribution in [-0.4, -0.2) is 48.9 Å². The zero-order valence-electron chi connectivity index (χ0n) is 15.4. The van der Waals surface area contributed by atoms with E-state index in [-0.39, 0.29) is 23.8 Å². The van der Waals surface area contributed by atoms with Crippen LogP contribution in [0.15, 0.2) is 28.7 Å². The maximum Gasteiger partial charge on any atom is 0.227 e. The van der Waals surface area contributed by atoms with E-state index in [9.17, 15) is 9.59 Å². The molecule has 26 heavy (non-hydrogen) atoms. The van der Waals surface area contributed by atoms with Crippen molar-refractivity contribution in [2.75, 3.05) is 31.1 Å². The second kappa shape index (κ2) is 9.00. The summed E-state index contributed by atoms with van der Waals surface area (Å²) in [5.74, 6) is -0.209. The van der Waals surface area contributed by atoms with Crippen LogP contribution in [0.25, 0.3) is 0 Å². The summed E-state index contributed by atoms with van der Waals surface area (Å²) in [6.45, 7) is 5.94. The Morgan fingerprint density at radius 2 is 2.00 bits per heavy atom. The maximum absolute atomic E-state index is 12.7. The van der Waals surface area contributed by atoms with E-state index in [0.717, 1.165) is 42.6 Å². The zero-order valence-corrected chi connectivity index (χ0v) is 17.0. The Balaban J connectivity index is 1.50. The van der Waals surface area contributed by atoms with E-state index in [1.54, 1.807) is 4.90 Å². The van der Waals surface area contributed by atoms with Crippen molar-refractivity contribution in [2.24, 2.45) is 5.92 Å². The highest BCUT2D eigenvalue weighted by molar-refractivity contribution is 9.10. The second-order valence-electron chi connectivity index (χ2n) is 7.33. The molecule has 2 amide bonds. The van der Waals surface area contributed by atoms with Gasteiger partial charge in [-0.05, 0) is 53.9 Å². The van der Waals surface area contributed by atoms with Crippen molar-refractivity contribution >= 4 is 33.4 Å². The fourth-order valence-electron chi connectivity index (χ4n) is 3.79. The van der Waals surface area contributed by atoms with Crippen LogP contribution in [0.1, 0.15) is 39.0 Å². The van der Waals surface area contributed by atoms with Gasteiger partial charge in [-0.1, -0.05) is 25.5 Å². The Hall–Kier alpha value is -1.40. The molecule has 6 heteroatoms. The Labute approximate surface area is 164 Å². The molecule has 1 atom stereocenters. The number of benzene rings is 1. The quantitative estimate of drug-likeness (QED) is 0.766. The number of rotatable bonds is 6. The predicted molar refractivity (Wildman–Crippen MR) is 107 cm³/mol. The Morgan fingerprint density at radius 3 is 2.69 bits per heavy atom. The molecule has 2 aliphatic heterocycles. The van der Waals surface area contributed by atoms with Crippen LogP contribution in [0.2, 0.25) is 0 Å². The maximum atomic E-state index is 12.7. The van der Waals surface area contributed by atoms with E-state index in [4.69, 9.17) is 0 Å². The van der Waals surface area contributed by atoms with Crippen LogP contribution in [-0.2, 0) is 9.59 Å². The summed E-state index contributed by atoms with van der Waals surface area (Å²) >= 11 is 3.49. The van der Waals surface area contributed by atoms with Gasteiger partial charge in [-0.15, -0.1) is 0 Å². The topological polar surface area (TPSA) is 52.7 Å². The van der Waals surface area contributed by atoms with Gasteiger partial charge in [0.1, 0.15) is 0 Å². The smallest absolute Gasteiger partial charge is 0.227 e. The Bertz CT molecular complexity index is 644. The summed E-state index contributed by atoms with van der Waals surface area (Å²) in [5.41, 5.74) is 0.844. The minimum absolute atomic E-state index is 0.0198. The lowest BCUT2D eigenvalue weighted by Gasteiger charge is -2.32. The number of anilines is 1. The molecule has 2 fully saturated rings. The van der Waals surface area contributed by atoms with Gasteiger partial charge in [-0.25, -0.2) is 0 Å². The molecule has 0 bridgehead atoms. The molecule has 2 heterocycles. The molecule has 1 aromatic rings. The summed E-state index contributed by atoms with van der Waals surface area (Å²) in [4.78, 5) is 29.3. The van der Waals surface area contributed by atoms with Gasteiger partial charge in [0.2, 0.25) is 11.8 Å². The third-order valence-electron chi connectivity index (χ3n) is 5.40. The van der Waals surface area contributed by atoms with Gasteiger partial charge in [0, 0.05) is 36.6 Å². The average molecular weight is 422 g/mol. The first-order valence-corrected chi connectivity index (χ1v) is 10.5. The molecule has 1 unspecified atom stereocenters. The van der Waals surface area contributed by atoms with Crippen LogP contribution in [0, 0.1) is 5.92 Å². The summed E-state index contributed by atoms with van der Waals surface area (Å²) in [6, 6.07) is 7.91. The van der Waals surface area contributed by atoms with Gasteiger partial charge in [0.15, 0.2) is 0 Å². The van der Waals surface area contributed by atoms with Crippen LogP contribution in [0.4, 0.5) is 5.69 Å². The summed E-state index contributed by atoms with van der Waals surface area (Å²) in [7, 11) is 0. The number of carbonyl (C=O) groups is 2. The number of carbonyl (C=O) groups excluding carboxylic acids is 2. The lowest BCUT2D eigenvalue weighted by molar-refractivity contribution is -0.127. The summed E-state index contributed by atoms with van der Waals surface area (Å²) < 4.78 is 0.883. The molecule has 0 saturated carbocycles. The lowest BCUT2D eigenvalue weighted by Crippen LogP contribution is -2.46. The number of para-hydroxylation sites is 1. The molecule has 0 aromatic heterocycles. The Kier molecular flexibility index (Phi) is 6.70. The molecular formula is C20H28BrN3O2. The van der Waals surface area contributed by atoms with Crippen molar-refractivity contribution in [2.45, 2.75) is 45.1 Å². The van der Waals surface area contributed by atoms with Gasteiger partial charge in [-0.2, -0.15) is 0 Å². The number of unbranched alkanes of at least 4 members (excludes halogenated alkanes) is 1. The van der Waals surface area contributed by atoms with Gasteiger partial charge in [0.25, 0.3) is 0 Å². The minimum atomic E-state index is -0.257. The fourth-order valence-corrected chi connectivity index (χ4v) is 4.29. The molecule has 2 saturated heterocycles. The van der Waals surface area contributed by atoms with E-state index in [1.807, 2.05) is 24.3 Å². The van der Waals surface area contributed by atoms with Crippen molar-refractivity contribution in [3.8, 4) is 0 Å². The van der Waals surface area contributed by atoms with Crippen molar-refractivity contribution < 1.29 is 9.59 Å². The normalized spacial score (nSPS) is 22.0. The van der Waals surface area contributed by atoms with Crippen molar-refractivity contribution in [1.82, 2.24) is 10.2 Å². The molecule has 3 rings (SSSR count). The monoisotopic (exact) mass is 421 g/mol. The van der Waals surface area contributed by atoms with Crippen LogP contribution < -0.4 is 10.2 Å². The first-order valence-electron chi connectivity index (χ1n) is 9.66. The van der Waals surface area contributed by atoms with E-state index in [2.05, 4.69) is 33.1 Å². The lowest BCUT2D eigenvalue weighted by atomic mass is 10.0. The molecule has 0 spiro atoms. The first-order chi connectivity index (χ1) is 12.6. The average Bonchev–Trinajstić information content (AvgIpc) is 3.03. The largest absolute Gasteiger partial charge is 0.353 e. The molecule has 0 aliphatic carbocycles. The van der Waals surface area contributed by atoms with E-state index in [1.165, 1.54) is 12.8 Å². The van der Waals surface area contributed by atoms with E-state index < -0.39 is 0 Å². The van der Waals surface area contributed by atoms with Crippen molar-refractivity contribution in [1.29, 1.82) is 0 Å². The molecule has 0 radical (unpaired) electrons. The molecule has 1 aromatic carbocycles. The zero-order chi connectivity index (χ0) is 18.5. The molecule has 142 valence electrons. The number of halogens is 1. The number of likely N-dealkylation sites (tertiary alicyclic amines) is 1. The minimum Gasteiger partial charge on any atom is -0.353 e. The number of amides is 2. The van der Waals surface area contributed by atoms with Crippen LogP contribution >= 0.6 is 15.9 Å². The fraction of sp³-hybridized carbons (Fsp3) is 0.600. The second-order valence-corrected chi connectivity index (χ2v) is 8.19. The SMILES string of the molecule is CCCCN1CCC(NC(=O)C2CC(=O)N(c3ccccc3Br)C2)CC1. The molecule has 2 aliphatic rings. The van der Waals surface area contributed by atoms with E-state index in [0.29, 0.717) is 13.0 Å². The molecular weight excluding hydrogens is 394 g/mol. The van der Waals surface area contributed by atoms with Crippen LogP contribution in [0.5, 0.6) is 0 Å². The van der Waals surface area contributed by atoms with Crippen molar-refractivity contribution in [3.05, 3.63) is 28.7 Å². The highest BCUT2D eigenvalue weighted by Gasteiger charge is 2.36. The number of piperidine rings is 1. The summed E-state index contributed by atoms with van der Waals surface area (Å²) in [5, 5.41) is 3.19.